The van der Waals surface area contributed by atoms with Gasteiger partial charge in [0.05, 0.1) is 12.9 Å². The summed E-state index contributed by atoms with van der Waals surface area (Å²) in [7, 11) is 0. The van der Waals surface area contributed by atoms with E-state index in [1.807, 2.05) is 36.4 Å². The van der Waals surface area contributed by atoms with Gasteiger partial charge in [-0.15, -0.1) is 0 Å². The molecule has 0 fully saturated rings. The van der Waals surface area contributed by atoms with E-state index in [4.69, 9.17) is 10.5 Å². The minimum Gasteiger partial charge on any atom is -0.448 e. The number of hydrogen-bond donors (Lipinski definition) is 4. The molecule has 0 aliphatic heterocycles. The van der Waals surface area contributed by atoms with E-state index in [1.54, 1.807) is 26.0 Å². The minimum atomic E-state index is -2.48. The van der Waals surface area contributed by atoms with Crippen LogP contribution < -0.4 is 26.7 Å². The number of halogens is 5. The predicted octanol–water partition coefficient (Wildman–Crippen LogP) is 3.17. The quantitative estimate of drug-likeness (QED) is 0.0371. The number of anilines is 1. The zero-order valence-corrected chi connectivity index (χ0v) is 33.0. The van der Waals surface area contributed by atoms with Crippen molar-refractivity contribution in [3.63, 3.8) is 0 Å². The number of rotatable bonds is 16. The Morgan fingerprint density at radius 3 is 2.10 bits per heavy atom. The van der Waals surface area contributed by atoms with Gasteiger partial charge in [0.25, 0.3) is 5.56 Å². The fourth-order valence-corrected chi connectivity index (χ4v) is 6.54. The van der Waals surface area contributed by atoms with Crippen molar-refractivity contribution < 1.29 is 55.4 Å². The number of esters is 1. The summed E-state index contributed by atoms with van der Waals surface area (Å²) in [6.07, 6.45) is 0.0104. The van der Waals surface area contributed by atoms with Crippen LogP contribution in [0.25, 0.3) is 22.3 Å². The van der Waals surface area contributed by atoms with Gasteiger partial charge < -0.3 is 30.0 Å². The van der Waals surface area contributed by atoms with Gasteiger partial charge in [0.1, 0.15) is 19.7 Å². The van der Waals surface area contributed by atoms with Crippen molar-refractivity contribution in [2.24, 2.45) is 11.7 Å². The topological polar surface area (TPSA) is 224 Å². The number of imidazole rings is 1. The highest BCUT2D eigenvalue weighted by Crippen LogP contribution is 2.44. The van der Waals surface area contributed by atoms with Crippen molar-refractivity contribution in [1.29, 1.82) is 0 Å². The van der Waals surface area contributed by atoms with E-state index < -0.39 is 115 Å². The van der Waals surface area contributed by atoms with Crippen LogP contribution in [0.1, 0.15) is 30.9 Å². The Kier molecular flexibility index (Phi) is 13.6. The average Bonchev–Trinajstić information content (AvgIpc) is 3.80. The highest BCUT2D eigenvalue weighted by molar-refractivity contribution is 5.91. The predicted molar refractivity (Wildman–Crippen MR) is 209 cm³/mol. The summed E-state index contributed by atoms with van der Waals surface area (Å²) in [5.41, 5.74) is 8.36. The molecule has 1 aliphatic rings. The molecule has 62 heavy (non-hydrogen) atoms. The third-order valence-corrected chi connectivity index (χ3v) is 9.64. The van der Waals surface area contributed by atoms with Crippen LogP contribution >= 0.6 is 0 Å². The molecule has 4 amide bonds. The van der Waals surface area contributed by atoms with Crippen molar-refractivity contribution in [2.45, 2.75) is 26.3 Å². The molecular weight excluding hydrogens is 829 g/mol. The fraction of sp³-hybridized carbons (Fsp3) is 0.300. The van der Waals surface area contributed by atoms with Crippen molar-refractivity contribution in [3.8, 4) is 16.9 Å². The van der Waals surface area contributed by atoms with Crippen molar-refractivity contribution in [1.82, 2.24) is 34.6 Å². The van der Waals surface area contributed by atoms with E-state index in [1.165, 1.54) is 10.9 Å². The van der Waals surface area contributed by atoms with Crippen LogP contribution in [0.2, 0.25) is 0 Å². The molecule has 6 rings (SSSR count). The van der Waals surface area contributed by atoms with Crippen LogP contribution in [0.3, 0.4) is 0 Å². The Morgan fingerprint density at radius 2 is 1.48 bits per heavy atom. The molecule has 0 bridgehead atoms. The molecule has 0 unspecified atom stereocenters. The molecule has 17 nitrogen and oxygen atoms in total. The number of nitrogens with one attached hydrogen (secondary N) is 3. The van der Waals surface area contributed by atoms with Gasteiger partial charge in [0, 0.05) is 38.0 Å². The molecule has 0 radical (unpaired) electrons. The summed E-state index contributed by atoms with van der Waals surface area (Å²) in [4.78, 5) is 90.1. The maximum atomic E-state index is 14.4. The number of fused-ring (bicyclic) bond motifs is 4. The summed E-state index contributed by atoms with van der Waals surface area (Å²) in [6, 6.07) is 14.8. The second-order valence-corrected chi connectivity index (χ2v) is 14.2. The Balaban J connectivity index is 1.13. The van der Waals surface area contributed by atoms with Gasteiger partial charge in [0.15, 0.2) is 11.2 Å². The summed E-state index contributed by atoms with van der Waals surface area (Å²) in [5.74, 6) is -18.5. The molecule has 326 valence electrons. The Hall–Kier alpha value is -7.23. The first-order valence-electron chi connectivity index (χ1n) is 18.9. The second-order valence-electron chi connectivity index (χ2n) is 14.2. The summed E-state index contributed by atoms with van der Waals surface area (Å²) in [6.45, 7) is -0.266. The molecule has 2 aromatic heterocycles. The van der Waals surface area contributed by atoms with Crippen LogP contribution in [-0.4, -0.2) is 105 Å². The maximum absolute atomic E-state index is 14.4. The third-order valence-electron chi connectivity index (χ3n) is 9.64. The number of H-pyrrole nitrogens is 1. The molecule has 5 N–H and O–H groups in total. The zero-order valence-electron chi connectivity index (χ0n) is 33.0. The van der Waals surface area contributed by atoms with Gasteiger partial charge >= 0.3 is 12.1 Å². The number of nitrogens with zero attached hydrogens (tertiary/aromatic N) is 5. The number of aromatic nitrogens is 4. The summed E-state index contributed by atoms with van der Waals surface area (Å²) >= 11 is 0. The summed E-state index contributed by atoms with van der Waals surface area (Å²) < 4.78 is 81.3. The molecule has 22 heteroatoms. The van der Waals surface area contributed by atoms with E-state index in [2.05, 4.69) is 30.3 Å². The number of carbonyl (C=O) groups excluding carboxylic acids is 5. The molecule has 1 aliphatic carbocycles. The molecular formula is C40H38F5N9O8. The molecule has 0 saturated heterocycles. The van der Waals surface area contributed by atoms with Crippen molar-refractivity contribution in [2.75, 3.05) is 51.2 Å². The zero-order chi connectivity index (χ0) is 44.8. The van der Waals surface area contributed by atoms with Gasteiger partial charge in [-0.05, 0) is 22.3 Å². The number of amides is 4. The monoisotopic (exact) mass is 867 g/mol. The van der Waals surface area contributed by atoms with Gasteiger partial charge in [-0.25, -0.2) is 27.7 Å². The molecule has 0 atom stereocenters. The van der Waals surface area contributed by atoms with E-state index in [9.17, 15) is 50.7 Å². The number of aromatic amines is 1. The van der Waals surface area contributed by atoms with Crippen LogP contribution in [0.5, 0.6) is 5.75 Å². The van der Waals surface area contributed by atoms with Crippen LogP contribution in [0.15, 0.2) is 59.7 Å². The largest absolute Gasteiger partial charge is 0.448 e. The first kappa shape index (κ1) is 44.3. The Morgan fingerprint density at radius 1 is 0.871 bits per heavy atom. The normalized spacial score (nSPS) is 11.9. The van der Waals surface area contributed by atoms with Crippen LogP contribution in [0, 0.1) is 35.0 Å². The van der Waals surface area contributed by atoms with Crippen LogP contribution in [-0.2, 0) is 30.5 Å². The number of carbonyl (C=O) groups is 5. The Bertz CT molecular complexity index is 2550. The first-order valence-corrected chi connectivity index (χ1v) is 18.9. The van der Waals surface area contributed by atoms with Gasteiger partial charge in [-0.3, -0.25) is 34.4 Å². The fourth-order valence-electron chi connectivity index (χ4n) is 6.54. The number of hydrogen-bond acceptors (Lipinski definition) is 11. The Labute approximate surface area is 348 Å². The van der Waals surface area contributed by atoms with Gasteiger partial charge in [0.2, 0.25) is 58.5 Å². The molecule has 2 heterocycles. The van der Waals surface area contributed by atoms with Gasteiger partial charge in [-0.1, -0.05) is 62.4 Å². The minimum absolute atomic E-state index is 0.0367. The SMILES string of the molecule is CC(C)C(=O)Nc1nc2c(ncn2CC(=O)N(CCN)CC(=O)NCCN(CC(=O)Oc2c(F)c(F)c(F)c(F)c2F)C(=O)OCC2c3ccccc3-c3ccccc32)c(=O)[nH]1. The highest BCUT2D eigenvalue weighted by Gasteiger charge is 2.32. The standard InChI is InChI=1S/C40H38F5N9O8/c1-20(2)37(58)50-39-49-36-34(38(59)51-39)48-19-54(36)16-27(56)52(13-11-46)15-26(55)47-12-14-53(17-28(57)62-35-32(44)30(42)29(41)31(43)33(35)45)40(60)61-18-25-23-9-5-3-7-21(23)22-8-4-6-10-24(22)25/h3-10,19-20,25H,11-18,46H2,1-2H3,(H,47,55)(H2,49,50,51,58,59). The molecule has 5 aromatic rings. The van der Waals surface area contributed by atoms with E-state index in [-0.39, 0.29) is 36.8 Å². The van der Waals surface area contributed by atoms with Crippen molar-refractivity contribution in [3.05, 3.63) is 105 Å². The second kappa shape index (κ2) is 19.0. The lowest BCUT2D eigenvalue weighted by Crippen LogP contribution is -2.47. The van der Waals surface area contributed by atoms with E-state index in [0.717, 1.165) is 27.2 Å². The molecule has 3 aromatic carbocycles. The van der Waals surface area contributed by atoms with E-state index >= 15 is 0 Å². The highest BCUT2D eigenvalue weighted by atomic mass is 19.2. The number of nitrogens with two attached hydrogens (primary N) is 1. The summed E-state index contributed by atoms with van der Waals surface area (Å²) in [5, 5.41) is 4.94. The maximum Gasteiger partial charge on any atom is 0.410 e. The van der Waals surface area contributed by atoms with Crippen molar-refractivity contribution >= 4 is 46.9 Å². The third kappa shape index (κ3) is 9.54. The molecule has 0 spiro atoms. The average molecular weight is 868 g/mol. The number of ether oxygens (including phenoxy) is 2. The lowest BCUT2D eigenvalue weighted by atomic mass is 9.98. The van der Waals surface area contributed by atoms with Gasteiger partial charge in [-0.2, -0.15) is 13.8 Å². The lowest BCUT2D eigenvalue weighted by Gasteiger charge is -2.24. The first-order chi connectivity index (χ1) is 29.6. The smallest absolute Gasteiger partial charge is 0.410 e. The van der Waals surface area contributed by atoms with E-state index in [0.29, 0.717) is 4.90 Å². The number of benzene rings is 3. The molecule has 0 saturated carbocycles. The van der Waals surface area contributed by atoms with Crippen LogP contribution in [0.4, 0.5) is 32.7 Å². The lowest BCUT2D eigenvalue weighted by molar-refractivity contribution is -0.136.